The first-order valence-corrected chi connectivity index (χ1v) is 2.02. The van der Waals surface area contributed by atoms with E-state index in [1.54, 1.807) is 0 Å². The van der Waals surface area contributed by atoms with Crippen molar-refractivity contribution in [2.24, 2.45) is 0 Å². The van der Waals surface area contributed by atoms with Gasteiger partial charge in [-0.1, -0.05) is 13.3 Å². The van der Waals surface area contributed by atoms with Crippen LogP contribution in [0, 0.1) is 0 Å². The second-order valence-electron chi connectivity index (χ2n) is 1.08. The predicted molar refractivity (Wildman–Crippen MR) is 22.0 cm³/mol. The van der Waals surface area contributed by atoms with Crippen LogP contribution in [0.3, 0.4) is 0 Å². The first kappa shape index (κ1) is 15.9. The fraction of sp³-hybridized carbons (Fsp3) is 1.00. The molecule has 0 radical (unpaired) electrons. The first-order chi connectivity index (χ1) is 2.41. The van der Waals surface area contributed by atoms with E-state index < -0.39 is 0 Å². The molecule has 0 saturated carbocycles. The van der Waals surface area contributed by atoms with Crippen LogP contribution in [0.15, 0.2) is 0 Å². The number of aliphatic hydroxyl groups excluding tert-OH is 1. The normalized spacial score (nSPS) is 6.00. The van der Waals surface area contributed by atoms with Gasteiger partial charge in [-0.3, -0.25) is 0 Å². The predicted octanol–water partition coefficient (Wildman–Crippen LogP) is 0.774. The fourth-order valence-corrected chi connectivity index (χ4v) is 0.158. The maximum absolute atomic E-state index is 8.07. The summed E-state index contributed by atoms with van der Waals surface area (Å²) in [5.74, 6) is 0. The van der Waals surface area contributed by atoms with Crippen LogP contribution in [-0.4, -0.2) is 11.7 Å². The molecule has 0 atom stereocenters. The molecular formula is C4H10OZr2. The molecule has 0 spiro atoms. The van der Waals surface area contributed by atoms with Crippen molar-refractivity contribution in [1.82, 2.24) is 0 Å². The molecule has 3 heteroatoms. The summed E-state index contributed by atoms with van der Waals surface area (Å²) in [5.41, 5.74) is 0. The summed E-state index contributed by atoms with van der Waals surface area (Å²) in [6.45, 7) is 2.40. The molecule has 0 aromatic rings. The minimum absolute atomic E-state index is 0. The molecule has 40 valence electrons. The van der Waals surface area contributed by atoms with Crippen LogP contribution in [0.2, 0.25) is 0 Å². The van der Waals surface area contributed by atoms with Crippen molar-refractivity contribution in [2.45, 2.75) is 19.8 Å². The van der Waals surface area contributed by atoms with Crippen molar-refractivity contribution >= 4 is 0 Å². The minimum Gasteiger partial charge on any atom is -0.396 e. The third-order valence-corrected chi connectivity index (χ3v) is 0.512. The average Bonchev–Trinajstić information content (AvgIpc) is 1.41. The van der Waals surface area contributed by atoms with Crippen molar-refractivity contribution in [3.63, 3.8) is 0 Å². The molecule has 0 rings (SSSR count). The number of rotatable bonds is 2. The Hall–Kier alpha value is 1.73. The molecule has 0 aromatic heterocycles. The van der Waals surface area contributed by atoms with E-state index in [0.29, 0.717) is 6.61 Å². The smallest absolute Gasteiger partial charge is 0.0430 e. The topological polar surface area (TPSA) is 20.2 Å². The average molecular weight is 257 g/mol. The Labute approximate surface area is 83.1 Å². The second-order valence-corrected chi connectivity index (χ2v) is 1.08. The van der Waals surface area contributed by atoms with Crippen molar-refractivity contribution in [3.8, 4) is 0 Å². The van der Waals surface area contributed by atoms with Gasteiger partial charge in [-0.05, 0) is 6.42 Å². The van der Waals surface area contributed by atoms with E-state index >= 15 is 0 Å². The third kappa shape index (κ3) is 18.2. The number of hydrogen-bond acceptors (Lipinski definition) is 1. The van der Waals surface area contributed by atoms with Gasteiger partial charge in [0.05, 0.1) is 0 Å². The van der Waals surface area contributed by atoms with Crippen LogP contribution >= 0.6 is 0 Å². The molecule has 0 bridgehead atoms. The third-order valence-electron chi connectivity index (χ3n) is 0.512. The van der Waals surface area contributed by atoms with E-state index in [9.17, 15) is 0 Å². The van der Waals surface area contributed by atoms with Crippen molar-refractivity contribution in [1.29, 1.82) is 0 Å². The van der Waals surface area contributed by atoms with Crippen molar-refractivity contribution < 1.29 is 57.5 Å². The van der Waals surface area contributed by atoms with E-state index in [2.05, 4.69) is 6.92 Å². The molecule has 0 aromatic carbocycles. The number of aliphatic hydroxyl groups is 1. The van der Waals surface area contributed by atoms with Gasteiger partial charge >= 0.3 is 0 Å². The van der Waals surface area contributed by atoms with Crippen LogP contribution in [0.5, 0.6) is 0 Å². The van der Waals surface area contributed by atoms with Crippen LogP contribution in [-0.2, 0) is 52.4 Å². The van der Waals surface area contributed by atoms with E-state index in [1.807, 2.05) is 0 Å². The molecule has 0 amide bonds. The molecule has 7 heavy (non-hydrogen) atoms. The van der Waals surface area contributed by atoms with Gasteiger partial charge in [0.2, 0.25) is 0 Å². The van der Waals surface area contributed by atoms with Gasteiger partial charge in [0.1, 0.15) is 0 Å². The summed E-state index contributed by atoms with van der Waals surface area (Å²) in [7, 11) is 0. The summed E-state index contributed by atoms with van der Waals surface area (Å²) in [6, 6.07) is 0. The standard InChI is InChI=1S/C4H10O.2Zr/c1-2-3-4-5;;/h5H,2-4H2,1H3;;. The van der Waals surface area contributed by atoms with Crippen LogP contribution < -0.4 is 0 Å². The Morgan fingerprint density at radius 1 is 1.29 bits per heavy atom. The summed E-state index contributed by atoms with van der Waals surface area (Å²) in [5, 5.41) is 8.07. The van der Waals surface area contributed by atoms with Crippen molar-refractivity contribution in [3.05, 3.63) is 0 Å². The zero-order valence-corrected chi connectivity index (χ0v) is 9.48. The quantitative estimate of drug-likeness (QED) is 0.774. The van der Waals surface area contributed by atoms with Gasteiger partial charge in [-0.25, -0.2) is 0 Å². The molecule has 0 saturated heterocycles. The van der Waals surface area contributed by atoms with Gasteiger partial charge in [0, 0.05) is 59.0 Å². The van der Waals surface area contributed by atoms with E-state index in [0.717, 1.165) is 12.8 Å². The zero-order chi connectivity index (χ0) is 4.12. The summed E-state index contributed by atoms with van der Waals surface area (Å²) in [6.07, 6.45) is 2.04. The molecule has 0 aliphatic rings. The Kier molecular flexibility index (Phi) is 35.5. The number of hydrogen-bond donors (Lipinski definition) is 1. The molecule has 0 fully saturated rings. The zero-order valence-electron chi connectivity index (χ0n) is 4.57. The SMILES string of the molecule is CCCCO.[Zr].[Zr]. The van der Waals surface area contributed by atoms with Gasteiger partial charge in [-0.2, -0.15) is 0 Å². The first-order valence-electron chi connectivity index (χ1n) is 2.02. The molecule has 1 nitrogen and oxygen atoms in total. The van der Waals surface area contributed by atoms with Crippen molar-refractivity contribution in [2.75, 3.05) is 6.61 Å². The molecule has 0 aliphatic carbocycles. The van der Waals surface area contributed by atoms with Crippen LogP contribution in [0.25, 0.3) is 0 Å². The van der Waals surface area contributed by atoms with Gasteiger partial charge < -0.3 is 5.11 Å². The molecule has 0 aliphatic heterocycles. The number of unbranched alkanes of at least 4 members (excludes halogenated alkanes) is 1. The minimum atomic E-state index is 0. The Morgan fingerprint density at radius 3 is 1.71 bits per heavy atom. The monoisotopic (exact) mass is 254 g/mol. The Bertz CT molecular complexity index is 17.2. The summed E-state index contributed by atoms with van der Waals surface area (Å²) in [4.78, 5) is 0. The molecular weight excluding hydrogens is 246 g/mol. The van der Waals surface area contributed by atoms with Crippen LogP contribution in [0.4, 0.5) is 0 Å². The Balaban J connectivity index is -0.0000000800. The maximum atomic E-state index is 8.07. The summed E-state index contributed by atoms with van der Waals surface area (Å²) < 4.78 is 0. The van der Waals surface area contributed by atoms with Gasteiger partial charge in [0.25, 0.3) is 0 Å². The van der Waals surface area contributed by atoms with Gasteiger partial charge in [0.15, 0.2) is 0 Å². The van der Waals surface area contributed by atoms with E-state index in [-0.39, 0.29) is 52.4 Å². The van der Waals surface area contributed by atoms with Crippen LogP contribution in [0.1, 0.15) is 19.8 Å². The van der Waals surface area contributed by atoms with Gasteiger partial charge in [-0.15, -0.1) is 0 Å². The molecule has 1 N–H and O–H groups in total. The molecule has 0 heterocycles. The second kappa shape index (κ2) is 15.6. The Morgan fingerprint density at radius 2 is 1.71 bits per heavy atom. The largest absolute Gasteiger partial charge is 0.396 e. The summed E-state index contributed by atoms with van der Waals surface area (Å²) >= 11 is 0. The van der Waals surface area contributed by atoms with E-state index in [4.69, 9.17) is 5.11 Å². The molecule has 0 unspecified atom stereocenters. The fourth-order valence-electron chi connectivity index (χ4n) is 0.158. The maximum Gasteiger partial charge on any atom is 0.0430 e. The van der Waals surface area contributed by atoms with E-state index in [1.165, 1.54) is 0 Å².